The summed E-state index contributed by atoms with van der Waals surface area (Å²) in [6.07, 6.45) is 5.34. The van der Waals surface area contributed by atoms with Crippen LogP contribution in [0.1, 0.15) is 86.1 Å². The lowest BCUT2D eigenvalue weighted by molar-refractivity contribution is -0.640. The molecular weight excluding hydrogens is 523 g/mol. The molecule has 2 aromatic rings. The van der Waals surface area contributed by atoms with Gasteiger partial charge in [0, 0.05) is 30.6 Å². The number of carbonyl (C=O) groups is 1. The number of alkyl halides is 3. The van der Waals surface area contributed by atoms with Crippen molar-refractivity contribution in [1.82, 2.24) is 4.90 Å². The lowest BCUT2D eigenvalue weighted by Gasteiger charge is -2.47. The molecular formula is C31H39ClF3N3O+2. The highest BCUT2D eigenvalue weighted by Crippen LogP contribution is 2.47. The molecule has 210 valence electrons. The van der Waals surface area contributed by atoms with Crippen LogP contribution >= 0.6 is 11.6 Å². The number of nitrogens with two attached hydrogens (primary N) is 1. The number of halogens is 4. The van der Waals surface area contributed by atoms with E-state index in [0.717, 1.165) is 63.7 Å². The first-order chi connectivity index (χ1) is 18.8. The van der Waals surface area contributed by atoms with Crippen LogP contribution in [0.15, 0.2) is 36.4 Å². The monoisotopic (exact) mass is 561 g/mol. The number of hydrogen-bond acceptors (Lipinski definition) is 1. The van der Waals surface area contributed by atoms with Gasteiger partial charge < -0.3 is 10.2 Å². The molecule has 6 rings (SSSR count). The number of rotatable bonds is 3. The smallest absolute Gasteiger partial charge is 0.345 e. The molecule has 4 atom stereocenters. The van der Waals surface area contributed by atoms with Gasteiger partial charge >= 0.3 is 6.18 Å². The molecule has 1 unspecified atom stereocenters. The van der Waals surface area contributed by atoms with Crippen LogP contribution < -0.4 is 10.3 Å². The van der Waals surface area contributed by atoms with E-state index in [9.17, 15) is 18.0 Å². The van der Waals surface area contributed by atoms with Crippen molar-refractivity contribution in [2.24, 2.45) is 11.8 Å². The first-order valence-corrected chi connectivity index (χ1v) is 15.2. The number of likely N-dealkylation sites (tertiary alicyclic amines) is 1. The van der Waals surface area contributed by atoms with Crippen LogP contribution in [0.25, 0.3) is 0 Å². The molecule has 0 bridgehead atoms. The minimum Gasteiger partial charge on any atom is -0.345 e. The van der Waals surface area contributed by atoms with Gasteiger partial charge in [-0.05, 0) is 79.7 Å². The summed E-state index contributed by atoms with van der Waals surface area (Å²) in [7, 11) is 0. The van der Waals surface area contributed by atoms with E-state index in [1.807, 2.05) is 6.07 Å². The zero-order valence-corrected chi connectivity index (χ0v) is 23.2. The van der Waals surface area contributed by atoms with Gasteiger partial charge in [0.2, 0.25) is 5.91 Å². The maximum atomic E-state index is 14.6. The number of quaternary nitrogens is 1. The molecule has 0 radical (unpaired) electrons. The summed E-state index contributed by atoms with van der Waals surface area (Å²) < 4.78 is 41.8. The second kappa shape index (κ2) is 10.7. The summed E-state index contributed by atoms with van der Waals surface area (Å²) in [5, 5.41) is 2.91. The fraction of sp³-hybridized carbons (Fsp3) is 0.613. The van der Waals surface area contributed by atoms with Crippen LogP contribution in [0, 0.1) is 11.8 Å². The van der Waals surface area contributed by atoms with Crippen molar-refractivity contribution in [3.63, 3.8) is 0 Å². The molecule has 4 aliphatic rings. The van der Waals surface area contributed by atoms with Crippen molar-refractivity contribution in [3.05, 3.63) is 63.9 Å². The fourth-order valence-corrected chi connectivity index (χ4v) is 8.68. The van der Waals surface area contributed by atoms with Crippen molar-refractivity contribution in [3.8, 4) is 0 Å². The number of amides is 1. The number of nitrogens with one attached hydrogen (secondary N) is 1. The minimum absolute atomic E-state index is 0.00432. The summed E-state index contributed by atoms with van der Waals surface area (Å²) in [5.74, 6) is 0.256. The largest absolute Gasteiger partial charge is 0.416 e. The van der Waals surface area contributed by atoms with E-state index in [-0.39, 0.29) is 29.2 Å². The third-order valence-corrected chi connectivity index (χ3v) is 10.5. The molecule has 1 spiro atoms. The third kappa shape index (κ3) is 4.99. The Morgan fingerprint density at radius 3 is 2.64 bits per heavy atom. The maximum Gasteiger partial charge on any atom is 0.416 e. The Kier molecular flexibility index (Phi) is 7.42. The van der Waals surface area contributed by atoms with Crippen molar-refractivity contribution >= 4 is 17.5 Å². The highest BCUT2D eigenvalue weighted by Gasteiger charge is 2.56. The topological polar surface area (TPSA) is 51.1 Å². The number of hydrogen-bond donors (Lipinski definition) is 1. The number of H-pyrrole nitrogens is 1. The molecule has 2 aliphatic carbocycles. The SMILES string of the molecule is O=C([C@@H]1C[NH2+]C[C@]12CCCc1[nH+]c(Cl)ccc12)N1CCC(c2ccccc2C(F)(F)F)C[C@H]1C1CCCCC1. The van der Waals surface area contributed by atoms with Gasteiger partial charge in [-0.15, -0.1) is 0 Å². The van der Waals surface area contributed by atoms with Gasteiger partial charge in [-0.1, -0.05) is 37.5 Å². The molecule has 3 fully saturated rings. The van der Waals surface area contributed by atoms with Crippen LogP contribution in [0.2, 0.25) is 5.15 Å². The fourth-order valence-electron chi connectivity index (χ4n) is 8.51. The molecule has 39 heavy (non-hydrogen) atoms. The molecule has 4 nitrogen and oxygen atoms in total. The third-order valence-electron chi connectivity index (χ3n) is 10.3. The lowest BCUT2D eigenvalue weighted by Crippen LogP contribution is -2.82. The van der Waals surface area contributed by atoms with Gasteiger partial charge in [0.05, 0.1) is 24.1 Å². The number of carbonyl (C=O) groups excluding carboxylic acids is 1. The first kappa shape index (κ1) is 27.1. The second-order valence-electron chi connectivity index (χ2n) is 12.3. The van der Waals surface area contributed by atoms with Crippen LogP contribution in [0.4, 0.5) is 13.2 Å². The summed E-state index contributed by atoms with van der Waals surface area (Å²) in [6, 6.07) is 10.1. The van der Waals surface area contributed by atoms with E-state index in [1.54, 1.807) is 12.1 Å². The van der Waals surface area contributed by atoms with E-state index >= 15 is 0 Å². The molecule has 3 N–H and O–H groups in total. The first-order valence-electron chi connectivity index (χ1n) is 14.8. The average Bonchev–Trinajstić information content (AvgIpc) is 3.36. The summed E-state index contributed by atoms with van der Waals surface area (Å²) >= 11 is 6.29. The van der Waals surface area contributed by atoms with E-state index in [2.05, 4.69) is 21.3 Å². The summed E-state index contributed by atoms with van der Waals surface area (Å²) in [5.41, 5.74) is 2.04. The van der Waals surface area contributed by atoms with Crippen molar-refractivity contribution in [1.29, 1.82) is 0 Å². The van der Waals surface area contributed by atoms with Crippen molar-refractivity contribution in [2.45, 2.75) is 87.8 Å². The van der Waals surface area contributed by atoms with Crippen LogP contribution in [0.5, 0.6) is 0 Å². The Labute approximate surface area is 233 Å². The molecule has 8 heteroatoms. The molecule has 1 aromatic heterocycles. The standard InChI is InChI=1S/C31H37ClF3N3O/c32-28-13-12-24-26(37-28)11-6-15-30(24)19-36-18-25(30)29(39)38-16-14-21(17-27(38)20-7-2-1-3-8-20)22-9-4-5-10-23(22)31(33,34)35/h4-5,9-10,12-13,20-21,25,27,36H,1-3,6-8,11,14-19H2/p+2/t21?,25-,27-,30-/m0/s1. The van der Waals surface area contributed by atoms with Gasteiger partial charge in [-0.3, -0.25) is 4.79 Å². The lowest BCUT2D eigenvalue weighted by atomic mass is 9.64. The summed E-state index contributed by atoms with van der Waals surface area (Å²) in [4.78, 5) is 20.0. The van der Waals surface area contributed by atoms with E-state index in [1.165, 1.54) is 24.1 Å². The Morgan fingerprint density at radius 1 is 1.05 bits per heavy atom. The van der Waals surface area contributed by atoms with Gasteiger partial charge in [0.25, 0.3) is 5.15 Å². The van der Waals surface area contributed by atoms with Crippen LogP contribution in [-0.4, -0.2) is 36.5 Å². The molecule has 1 aromatic carbocycles. The van der Waals surface area contributed by atoms with Gasteiger partial charge in [0.1, 0.15) is 5.92 Å². The quantitative estimate of drug-likeness (QED) is 0.508. The minimum atomic E-state index is -4.37. The number of nitrogens with zero attached hydrogens (tertiary/aromatic N) is 1. The second-order valence-corrected chi connectivity index (χ2v) is 12.7. The highest BCUT2D eigenvalue weighted by molar-refractivity contribution is 6.28. The van der Waals surface area contributed by atoms with Crippen molar-refractivity contribution < 1.29 is 28.3 Å². The molecule has 2 aliphatic heterocycles. The predicted molar refractivity (Wildman–Crippen MR) is 143 cm³/mol. The Balaban J connectivity index is 1.32. The van der Waals surface area contributed by atoms with Crippen LogP contribution in [0.3, 0.4) is 0 Å². The number of fused-ring (bicyclic) bond motifs is 2. The number of aryl methyl sites for hydroxylation is 1. The number of pyridine rings is 1. The number of aromatic amines is 1. The highest BCUT2D eigenvalue weighted by atomic mass is 35.5. The zero-order chi connectivity index (χ0) is 27.2. The maximum absolute atomic E-state index is 14.6. The number of piperidine rings is 1. The van der Waals surface area contributed by atoms with E-state index < -0.39 is 11.7 Å². The molecule has 1 amide bonds. The Bertz CT molecular complexity index is 1210. The predicted octanol–water partition coefficient (Wildman–Crippen LogP) is 5.30. The Hall–Kier alpha value is -2.12. The normalized spacial score (nSPS) is 29.9. The number of benzene rings is 1. The average molecular weight is 562 g/mol. The van der Waals surface area contributed by atoms with Crippen molar-refractivity contribution in [2.75, 3.05) is 19.6 Å². The number of aromatic nitrogens is 1. The summed E-state index contributed by atoms with van der Waals surface area (Å²) in [6.45, 7) is 2.17. The van der Waals surface area contributed by atoms with Gasteiger partial charge in [-0.25, -0.2) is 0 Å². The zero-order valence-electron chi connectivity index (χ0n) is 22.4. The van der Waals surface area contributed by atoms with Gasteiger partial charge in [0.15, 0.2) is 5.69 Å². The van der Waals surface area contributed by atoms with Crippen LogP contribution in [-0.2, 0) is 22.8 Å². The van der Waals surface area contributed by atoms with E-state index in [4.69, 9.17) is 11.6 Å². The molecule has 1 saturated carbocycles. The van der Waals surface area contributed by atoms with E-state index in [0.29, 0.717) is 36.0 Å². The molecule has 2 saturated heterocycles. The Morgan fingerprint density at radius 2 is 1.85 bits per heavy atom. The molecule has 3 heterocycles. The van der Waals surface area contributed by atoms with Gasteiger partial charge in [-0.2, -0.15) is 18.2 Å².